The summed E-state index contributed by atoms with van der Waals surface area (Å²) in [5.74, 6) is 3.58. The summed E-state index contributed by atoms with van der Waals surface area (Å²) in [6, 6.07) is 0. The molecule has 2 fully saturated rings. The van der Waals surface area contributed by atoms with Crippen molar-refractivity contribution in [2.24, 2.45) is 11.8 Å². The molecule has 1 radical (unpaired) electrons. The Kier molecular flexibility index (Phi) is 1.31. The van der Waals surface area contributed by atoms with E-state index in [-0.39, 0.29) is 0 Å². The predicted molar refractivity (Wildman–Crippen MR) is 40.9 cm³/mol. The number of hydrogen-bond donors (Lipinski definition) is 1. The van der Waals surface area contributed by atoms with E-state index in [1.165, 1.54) is 19.3 Å². The van der Waals surface area contributed by atoms with Crippen LogP contribution in [0.2, 0.25) is 0 Å². The van der Waals surface area contributed by atoms with Crippen molar-refractivity contribution in [1.29, 1.82) is 4.78 Å². The van der Waals surface area contributed by atoms with Crippen molar-refractivity contribution < 1.29 is 4.21 Å². The largest absolute Gasteiger partial charge is 0.253 e. The zero-order valence-corrected chi connectivity index (χ0v) is 6.69. The molecular formula is C7H12NOS. The number of fused-ring (bicyclic) bond motifs is 1. The third kappa shape index (κ3) is 0.965. The lowest BCUT2D eigenvalue weighted by Gasteiger charge is -2.02. The van der Waals surface area contributed by atoms with Crippen LogP contribution in [-0.2, 0) is 9.73 Å². The van der Waals surface area contributed by atoms with Crippen LogP contribution in [-0.4, -0.2) is 9.96 Å². The zero-order chi connectivity index (χ0) is 7.19. The van der Waals surface area contributed by atoms with Crippen molar-refractivity contribution in [3.8, 4) is 0 Å². The Bertz CT molecular complexity index is 214. The van der Waals surface area contributed by atoms with Gasteiger partial charge < -0.3 is 0 Å². The summed E-state index contributed by atoms with van der Waals surface area (Å²) in [6.07, 6.45) is 3.67. The maximum atomic E-state index is 11.2. The Morgan fingerprint density at radius 3 is 3.00 bits per heavy atom. The predicted octanol–water partition coefficient (Wildman–Crippen LogP) is 1.62. The van der Waals surface area contributed by atoms with Crippen LogP contribution in [0.4, 0.5) is 0 Å². The Balaban J connectivity index is 2.21. The standard InChI is InChI=1S/C7H12NOS/c8-10(9)4-6-2-1-3-7(6)5-10/h4,6-8H,1-3,5H2. The SMILES string of the molecule is N=S1(=O)[CH]C2CCCC2C1. The first-order valence-electron chi connectivity index (χ1n) is 3.79. The first-order valence-corrected chi connectivity index (χ1v) is 5.58. The molecule has 0 aromatic heterocycles. The molecule has 3 atom stereocenters. The van der Waals surface area contributed by atoms with E-state index in [1.54, 1.807) is 5.75 Å². The van der Waals surface area contributed by atoms with Gasteiger partial charge >= 0.3 is 0 Å². The minimum Gasteiger partial charge on any atom is -0.253 e. The molecule has 1 N–H and O–H groups in total. The van der Waals surface area contributed by atoms with Gasteiger partial charge in [-0.1, -0.05) is 6.42 Å². The zero-order valence-electron chi connectivity index (χ0n) is 5.88. The Morgan fingerprint density at radius 1 is 1.50 bits per heavy atom. The molecule has 0 aromatic carbocycles. The number of nitrogens with one attached hydrogen (secondary N) is 1. The monoisotopic (exact) mass is 158 g/mol. The second kappa shape index (κ2) is 1.97. The summed E-state index contributed by atoms with van der Waals surface area (Å²) in [5.41, 5.74) is 0. The minimum absolute atomic E-state index is 0.532. The Labute approximate surface area is 62.0 Å². The highest BCUT2D eigenvalue weighted by Crippen LogP contribution is 2.41. The third-order valence-corrected chi connectivity index (χ3v) is 4.29. The van der Waals surface area contributed by atoms with Crippen molar-refractivity contribution in [3.05, 3.63) is 5.75 Å². The molecule has 2 rings (SSSR count). The van der Waals surface area contributed by atoms with Crippen LogP contribution in [0.15, 0.2) is 0 Å². The average Bonchev–Trinajstić information content (AvgIpc) is 2.20. The van der Waals surface area contributed by atoms with Gasteiger partial charge in [0.05, 0.1) is 5.75 Å². The van der Waals surface area contributed by atoms with Gasteiger partial charge in [-0.15, -0.1) is 0 Å². The quantitative estimate of drug-likeness (QED) is 0.572. The molecule has 3 heteroatoms. The lowest BCUT2D eigenvalue weighted by molar-refractivity contribution is 0.520. The van der Waals surface area contributed by atoms with Crippen molar-refractivity contribution in [1.82, 2.24) is 0 Å². The van der Waals surface area contributed by atoms with Crippen LogP contribution in [0.25, 0.3) is 0 Å². The van der Waals surface area contributed by atoms with Gasteiger partial charge in [0.1, 0.15) is 0 Å². The summed E-state index contributed by atoms with van der Waals surface area (Å²) in [6.45, 7) is 0. The third-order valence-electron chi connectivity index (χ3n) is 2.57. The van der Waals surface area contributed by atoms with Crippen LogP contribution >= 0.6 is 0 Å². The minimum atomic E-state index is -2.23. The van der Waals surface area contributed by atoms with Crippen LogP contribution in [0.5, 0.6) is 0 Å². The van der Waals surface area contributed by atoms with Gasteiger partial charge in [-0.05, 0) is 24.7 Å². The molecule has 0 aromatic rings. The van der Waals surface area contributed by atoms with Gasteiger partial charge in [-0.3, -0.25) is 4.78 Å². The summed E-state index contributed by atoms with van der Waals surface area (Å²) in [4.78, 5) is 0. The molecule has 1 aliphatic heterocycles. The summed E-state index contributed by atoms with van der Waals surface area (Å²) >= 11 is 0. The van der Waals surface area contributed by atoms with Gasteiger partial charge in [0.25, 0.3) is 0 Å². The van der Waals surface area contributed by atoms with Crippen LogP contribution < -0.4 is 0 Å². The van der Waals surface area contributed by atoms with Gasteiger partial charge in [-0.2, -0.15) is 0 Å². The summed E-state index contributed by atoms with van der Waals surface area (Å²) in [5, 5.41) is 0. The fourth-order valence-electron chi connectivity index (χ4n) is 2.11. The molecular weight excluding hydrogens is 146 g/mol. The van der Waals surface area contributed by atoms with Gasteiger partial charge in [0, 0.05) is 15.5 Å². The molecule has 0 spiro atoms. The molecule has 2 nitrogen and oxygen atoms in total. The highest BCUT2D eigenvalue weighted by atomic mass is 32.2. The van der Waals surface area contributed by atoms with Crippen molar-refractivity contribution in [3.63, 3.8) is 0 Å². The second-order valence-corrected chi connectivity index (χ2v) is 5.44. The lowest BCUT2D eigenvalue weighted by atomic mass is 10.0. The second-order valence-electron chi connectivity index (χ2n) is 3.38. The summed E-state index contributed by atoms with van der Waals surface area (Å²) < 4.78 is 18.6. The summed E-state index contributed by atoms with van der Waals surface area (Å²) in [7, 11) is -2.23. The average molecular weight is 158 g/mol. The van der Waals surface area contributed by atoms with Crippen molar-refractivity contribution >= 4 is 9.73 Å². The molecule has 1 saturated heterocycles. The van der Waals surface area contributed by atoms with E-state index >= 15 is 0 Å². The van der Waals surface area contributed by atoms with Gasteiger partial charge in [-0.25, -0.2) is 4.21 Å². The molecule has 1 saturated carbocycles. The van der Waals surface area contributed by atoms with Gasteiger partial charge in [0.15, 0.2) is 0 Å². The lowest BCUT2D eigenvalue weighted by Crippen LogP contribution is -2.01. The van der Waals surface area contributed by atoms with Crippen LogP contribution in [0, 0.1) is 22.4 Å². The smallest absolute Gasteiger partial charge is 0.0614 e. The maximum Gasteiger partial charge on any atom is 0.0614 e. The molecule has 1 aliphatic carbocycles. The fraction of sp³-hybridized carbons (Fsp3) is 0.857. The topological polar surface area (TPSA) is 40.9 Å². The van der Waals surface area contributed by atoms with Crippen LogP contribution in [0.3, 0.4) is 0 Å². The molecule has 10 heavy (non-hydrogen) atoms. The Morgan fingerprint density at radius 2 is 2.30 bits per heavy atom. The molecule has 2 aliphatic rings. The fourth-order valence-corrected chi connectivity index (χ4v) is 4.19. The molecule has 0 bridgehead atoms. The first kappa shape index (κ1) is 6.65. The normalized spacial score (nSPS) is 53.2. The van der Waals surface area contributed by atoms with E-state index in [0.717, 1.165) is 0 Å². The van der Waals surface area contributed by atoms with E-state index in [9.17, 15) is 4.21 Å². The van der Waals surface area contributed by atoms with E-state index in [1.807, 2.05) is 0 Å². The molecule has 57 valence electrons. The molecule has 0 amide bonds. The van der Waals surface area contributed by atoms with E-state index in [4.69, 9.17) is 4.78 Å². The first-order chi connectivity index (χ1) is 4.67. The molecule has 3 unspecified atom stereocenters. The van der Waals surface area contributed by atoms with Crippen molar-refractivity contribution in [2.75, 3.05) is 5.75 Å². The highest BCUT2D eigenvalue weighted by Gasteiger charge is 2.38. The van der Waals surface area contributed by atoms with E-state index < -0.39 is 9.73 Å². The van der Waals surface area contributed by atoms with Crippen molar-refractivity contribution in [2.45, 2.75) is 19.3 Å². The maximum absolute atomic E-state index is 11.2. The number of rotatable bonds is 0. The van der Waals surface area contributed by atoms with Crippen LogP contribution in [0.1, 0.15) is 19.3 Å². The number of hydrogen-bond acceptors (Lipinski definition) is 2. The highest BCUT2D eigenvalue weighted by molar-refractivity contribution is 7.94. The Hall–Kier alpha value is -0.0500. The van der Waals surface area contributed by atoms with E-state index in [2.05, 4.69) is 0 Å². The van der Waals surface area contributed by atoms with E-state index in [0.29, 0.717) is 17.6 Å². The van der Waals surface area contributed by atoms with Gasteiger partial charge in [0.2, 0.25) is 0 Å². The molecule has 1 heterocycles.